The van der Waals surface area contributed by atoms with Gasteiger partial charge in [-0.1, -0.05) is 109 Å². The maximum absolute atomic E-state index is 9.84. The lowest BCUT2D eigenvalue weighted by Gasteiger charge is -2.33. The lowest BCUT2D eigenvalue weighted by Crippen LogP contribution is -2.16. The fourth-order valence-corrected chi connectivity index (χ4v) is 11.5. The smallest absolute Gasteiger partial charge is 0.153 e. The summed E-state index contributed by atoms with van der Waals surface area (Å²) in [4.78, 5) is 2.35. The van der Waals surface area contributed by atoms with Crippen molar-refractivity contribution in [3.05, 3.63) is 224 Å². The number of hydrogen-bond acceptors (Lipinski definition) is 4. The molecule has 0 bridgehead atoms. The lowest BCUT2D eigenvalue weighted by atomic mass is 10.0. The molecule has 6 heteroatoms. The third kappa shape index (κ3) is 5.79. The van der Waals surface area contributed by atoms with E-state index in [4.69, 9.17) is 4.74 Å². The van der Waals surface area contributed by atoms with E-state index in [1.165, 1.54) is 53.2 Å². The zero-order valence-electron chi connectivity index (χ0n) is 35.9. The molecule has 14 rings (SSSR count). The molecule has 13 aromatic rings. The summed E-state index contributed by atoms with van der Waals surface area (Å²) in [7, 11) is 0. The molecule has 0 unspecified atom stereocenters. The predicted molar refractivity (Wildman–Crippen MR) is 278 cm³/mol. The summed E-state index contributed by atoms with van der Waals surface area (Å²) >= 11 is 1.83. The van der Waals surface area contributed by atoms with Crippen molar-refractivity contribution in [2.75, 3.05) is 4.90 Å². The van der Waals surface area contributed by atoms with Crippen molar-refractivity contribution < 1.29 is 4.74 Å². The van der Waals surface area contributed by atoms with Crippen molar-refractivity contribution in [2.45, 2.75) is 0 Å². The minimum atomic E-state index is 0.638. The summed E-state index contributed by atoms with van der Waals surface area (Å²) < 4.78 is 14.4. The van der Waals surface area contributed by atoms with Gasteiger partial charge in [-0.05, 0) is 119 Å². The third-order valence-electron chi connectivity index (χ3n) is 13.5. The number of hydrogen-bond donors (Lipinski definition) is 0. The highest BCUT2D eigenvalue weighted by molar-refractivity contribution is 7.25. The lowest BCUT2D eigenvalue weighted by molar-refractivity contribution is 0.476. The molecule has 0 amide bonds. The third-order valence-corrected chi connectivity index (χ3v) is 14.7. The van der Waals surface area contributed by atoms with Gasteiger partial charge in [0, 0.05) is 59.5 Å². The molecule has 1 aliphatic heterocycles. The SMILES string of the molecule is N#Cc1ccc2c(c1)c1ccccc1n2-c1ccc2c(c1)Oc1cc(-n3c4ccc(-c5ccccc5)cc4c4cc(-c5ccccc5)ccc43)ccc1N2c1ccc2sc3ccccc3c2c1. The van der Waals surface area contributed by atoms with E-state index in [-0.39, 0.29) is 0 Å². The molecule has 0 saturated carbocycles. The second-order valence-electron chi connectivity index (χ2n) is 17.2. The number of nitrogens with zero attached hydrogens (tertiary/aromatic N) is 4. The molecule has 4 heterocycles. The van der Waals surface area contributed by atoms with E-state index in [0.717, 1.165) is 72.8 Å². The van der Waals surface area contributed by atoms with Gasteiger partial charge in [-0.2, -0.15) is 5.26 Å². The van der Waals surface area contributed by atoms with Crippen LogP contribution in [-0.2, 0) is 0 Å². The highest BCUT2D eigenvalue weighted by Gasteiger charge is 2.29. The fourth-order valence-electron chi connectivity index (χ4n) is 10.4. The van der Waals surface area contributed by atoms with Crippen LogP contribution in [0.25, 0.3) is 97.4 Å². The normalized spacial score (nSPS) is 12.3. The van der Waals surface area contributed by atoms with Gasteiger partial charge in [0.1, 0.15) is 0 Å². The molecule has 67 heavy (non-hydrogen) atoms. The number of rotatable bonds is 5. The Hall–Kier alpha value is -8.89. The van der Waals surface area contributed by atoms with Crippen LogP contribution in [0.4, 0.5) is 17.1 Å². The number of fused-ring (bicyclic) bond motifs is 11. The van der Waals surface area contributed by atoms with Gasteiger partial charge in [-0.3, -0.25) is 0 Å². The number of para-hydroxylation sites is 1. The summed E-state index contributed by atoms with van der Waals surface area (Å²) in [6.07, 6.45) is 0. The molecule has 0 spiro atoms. The van der Waals surface area contributed by atoms with E-state index in [1.54, 1.807) is 0 Å². The van der Waals surface area contributed by atoms with Gasteiger partial charge >= 0.3 is 0 Å². The van der Waals surface area contributed by atoms with Crippen LogP contribution >= 0.6 is 11.3 Å². The van der Waals surface area contributed by atoms with Crippen LogP contribution in [0.2, 0.25) is 0 Å². The van der Waals surface area contributed by atoms with Crippen LogP contribution in [0.3, 0.4) is 0 Å². The van der Waals surface area contributed by atoms with E-state index < -0.39 is 0 Å². The number of ether oxygens (including phenoxy) is 1. The van der Waals surface area contributed by atoms with Crippen molar-refractivity contribution in [1.82, 2.24) is 9.13 Å². The number of aromatic nitrogens is 2. The van der Waals surface area contributed by atoms with Gasteiger partial charge in [-0.15, -0.1) is 11.3 Å². The van der Waals surface area contributed by atoms with Crippen molar-refractivity contribution in [3.63, 3.8) is 0 Å². The number of nitriles is 1. The van der Waals surface area contributed by atoms with E-state index in [9.17, 15) is 5.26 Å². The Labute approximate surface area is 389 Å². The van der Waals surface area contributed by atoms with Gasteiger partial charge < -0.3 is 18.8 Å². The Morgan fingerprint density at radius 3 is 1.49 bits per heavy atom. The fraction of sp³-hybridized carbons (Fsp3) is 0. The van der Waals surface area contributed by atoms with E-state index >= 15 is 0 Å². The minimum Gasteiger partial charge on any atom is -0.453 e. The van der Waals surface area contributed by atoms with Crippen molar-refractivity contribution in [1.29, 1.82) is 5.26 Å². The topological polar surface area (TPSA) is 46.1 Å². The number of thiophene rings is 1. The minimum absolute atomic E-state index is 0.638. The average Bonchev–Trinajstić information content (AvgIpc) is 4.05. The first-order chi connectivity index (χ1) is 33.1. The first-order valence-electron chi connectivity index (χ1n) is 22.5. The zero-order chi connectivity index (χ0) is 44.2. The number of benzene rings is 10. The standard InChI is InChI=1S/C61H36N4OS/c62-37-38-19-25-53-48(31-38)46-15-7-9-17-52(46)63(53)44-22-28-56-58(35-44)66-59-36-45(23-29-57(59)65(56)43-24-30-61-51(34-43)47-16-8-10-18-60(47)67-61)64-54-26-20-41(39-11-3-1-4-12-39)32-49(54)50-33-42(21-27-55(50)64)40-13-5-2-6-14-40/h1-36H. The molecule has 0 atom stereocenters. The predicted octanol–water partition coefficient (Wildman–Crippen LogP) is 17.0. The van der Waals surface area contributed by atoms with Crippen LogP contribution in [0.15, 0.2) is 218 Å². The van der Waals surface area contributed by atoms with Crippen LogP contribution < -0.4 is 9.64 Å². The maximum atomic E-state index is 9.84. The second-order valence-corrected chi connectivity index (χ2v) is 18.3. The Morgan fingerprint density at radius 1 is 0.358 bits per heavy atom. The van der Waals surface area contributed by atoms with Crippen LogP contribution in [-0.4, -0.2) is 9.13 Å². The van der Waals surface area contributed by atoms with E-state index in [2.05, 4.69) is 226 Å². The van der Waals surface area contributed by atoms with Crippen molar-refractivity contribution >= 4 is 92.2 Å². The molecule has 0 aliphatic carbocycles. The van der Waals surface area contributed by atoms with Crippen molar-refractivity contribution in [2.24, 2.45) is 0 Å². The maximum Gasteiger partial charge on any atom is 0.153 e. The Balaban J connectivity index is 0.980. The zero-order valence-corrected chi connectivity index (χ0v) is 36.7. The summed E-state index contributed by atoms with van der Waals surface area (Å²) in [5.74, 6) is 1.51. The molecular weight excluding hydrogens is 837 g/mol. The quantitative estimate of drug-likeness (QED) is 0.173. The summed E-state index contributed by atoms with van der Waals surface area (Å²) in [5.41, 5.74) is 14.7. The largest absolute Gasteiger partial charge is 0.453 e. The van der Waals surface area contributed by atoms with Crippen molar-refractivity contribution in [3.8, 4) is 51.2 Å². The highest BCUT2D eigenvalue weighted by atomic mass is 32.1. The van der Waals surface area contributed by atoms with Gasteiger partial charge in [0.2, 0.25) is 0 Å². The van der Waals surface area contributed by atoms with Crippen LogP contribution in [0.1, 0.15) is 5.56 Å². The molecule has 1 aliphatic rings. The summed E-state index contributed by atoms with van der Waals surface area (Å²) in [6, 6.07) is 80.3. The first-order valence-corrected chi connectivity index (χ1v) is 23.3. The molecular formula is C61H36N4OS. The molecule has 0 fully saturated rings. The van der Waals surface area contributed by atoms with Crippen LogP contribution in [0.5, 0.6) is 11.5 Å². The summed E-state index contributed by atoms with van der Waals surface area (Å²) in [5, 5.41) is 16.8. The molecule has 10 aromatic carbocycles. The van der Waals surface area contributed by atoms with Gasteiger partial charge in [0.05, 0.1) is 56.4 Å². The molecule has 0 saturated heterocycles. The second kappa shape index (κ2) is 14.6. The highest BCUT2D eigenvalue weighted by Crippen LogP contribution is 2.53. The average molecular weight is 873 g/mol. The molecule has 5 nitrogen and oxygen atoms in total. The number of anilines is 3. The van der Waals surface area contributed by atoms with E-state index in [1.807, 2.05) is 23.5 Å². The molecule has 3 aromatic heterocycles. The Bertz CT molecular complexity index is 4120. The van der Waals surface area contributed by atoms with Crippen LogP contribution in [0, 0.1) is 11.3 Å². The van der Waals surface area contributed by atoms with Gasteiger partial charge in [0.25, 0.3) is 0 Å². The molecule has 0 N–H and O–H groups in total. The summed E-state index contributed by atoms with van der Waals surface area (Å²) in [6.45, 7) is 0. The van der Waals surface area contributed by atoms with E-state index in [0.29, 0.717) is 5.56 Å². The monoisotopic (exact) mass is 872 g/mol. The van der Waals surface area contributed by atoms with Gasteiger partial charge in [0.15, 0.2) is 11.5 Å². The molecule has 312 valence electrons. The molecule has 0 radical (unpaired) electrons. The Morgan fingerprint density at radius 2 is 0.866 bits per heavy atom. The Kier molecular flexibility index (Phi) is 8.15. The van der Waals surface area contributed by atoms with Gasteiger partial charge in [-0.25, -0.2) is 0 Å². The first kappa shape index (κ1) is 37.5.